The first kappa shape index (κ1) is 31.7. The molecule has 0 bridgehead atoms. The largest absolute Gasteiger partial charge is 0.456 e. The van der Waals surface area contributed by atoms with Crippen LogP contribution in [0.4, 0.5) is 17.1 Å². The first-order valence-electron chi connectivity index (χ1n) is 18.8. The summed E-state index contributed by atoms with van der Waals surface area (Å²) >= 11 is 0. The van der Waals surface area contributed by atoms with Gasteiger partial charge in [-0.25, -0.2) is 0 Å². The highest BCUT2D eigenvalue weighted by Crippen LogP contribution is 2.48. The number of fused-ring (bicyclic) bond motifs is 7. The summed E-state index contributed by atoms with van der Waals surface area (Å²) in [5, 5.41) is 4.72. The van der Waals surface area contributed by atoms with E-state index in [0.29, 0.717) is 0 Å². The number of nitrogens with zero attached hydrogens (tertiary/aromatic N) is 2. The molecule has 7 aromatic carbocycles. The maximum Gasteiger partial charge on any atom is 0.137 e. The maximum atomic E-state index is 6.43. The van der Waals surface area contributed by atoms with Crippen molar-refractivity contribution in [3.8, 4) is 16.8 Å². The van der Waals surface area contributed by atoms with E-state index in [1.54, 1.807) is 0 Å². The molecule has 9 aromatic rings. The lowest BCUT2D eigenvalue weighted by atomic mass is 9.63. The number of aromatic nitrogens is 1. The number of para-hydroxylation sites is 2. The lowest BCUT2D eigenvalue weighted by molar-refractivity contribution is 0.332. The summed E-state index contributed by atoms with van der Waals surface area (Å²) in [4.78, 5) is 2.40. The van der Waals surface area contributed by atoms with E-state index in [-0.39, 0.29) is 10.8 Å². The molecule has 258 valence electrons. The fourth-order valence-electron chi connectivity index (χ4n) is 8.90. The van der Waals surface area contributed by atoms with Gasteiger partial charge in [0.1, 0.15) is 11.2 Å². The van der Waals surface area contributed by atoms with Crippen molar-refractivity contribution in [3.05, 3.63) is 169 Å². The van der Waals surface area contributed by atoms with E-state index in [4.69, 9.17) is 4.42 Å². The van der Waals surface area contributed by atoms with Crippen LogP contribution in [0.3, 0.4) is 0 Å². The molecule has 0 radical (unpaired) electrons. The molecule has 10 rings (SSSR count). The second kappa shape index (κ2) is 11.7. The average molecular weight is 687 g/mol. The number of furan rings is 1. The summed E-state index contributed by atoms with van der Waals surface area (Å²) in [6.45, 7) is 9.63. The molecule has 0 unspecified atom stereocenters. The van der Waals surface area contributed by atoms with E-state index in [2.05, 4.69) is 189 Å². The lowest BCUT2D eigenvalue weighted by Gasteiger charge is -2.42. The van der Waals surface area contributed by atoms with Crippen LogP contribution in [0.5, 0.6) is 0 Å². The molecule has 3 heteroatoms. The van der Waals surface area contributed by atoms with Gasteiger partial charge in [0.2, 0.25) is 0 Å². The minimum absolute atomic E-state index is 0.111. The maximum absolute atomic E-state index is 6.43. The first-order chi connectivity index (χ1) is 25.8. The Bertz CT molecular complexity index is 2830. The molecular weight excluding hydrogens is 645 g/mol. The van der Waals surface area contributed by atoms with Crippen LogP contribution >= 0.6 is 0 Å². The Morgan fingerprint density at radius 2 is 1.13 bits per heavy atom. The zero-order valence-electron chi connectivity index (χ0n) is 30.7. The molecule has 2 aromatic heterocycles. The van der Waals surface area contributed by atoms with Crippen molar-refractivity contribution < 1.29 is 4.42 Å². The highest BCUT2D eigenvalue weighted by atomic mass is 16.3. The molecule has 2 heterocycles. The summed E-state index contributed by atoms with van der Waals surface area (Å²) in [6.07, 6.45) is 2.38. The highest BCUT2D eigenvalue weighted by Gasteiger charge is 2.37. The van der Waals surface area contributed by atoms with Gasteiger partial charge in [-0.05, 0) is 107 Å². The van der Waals surface area contributed by atoms with Crippen LogP contribution in [-0.2, 0) is 10.8 Å². The summed E-state index contributed by atoms with van der Waals surface area (Å²) in [5.74, 6) is 0. The minimum atomic E-state index is 0.111. The van der Waals surface area contributed by atoms with E-state index in [9.17, 15) is 0 Å². The third-order valence-corrected chi connectivity index (χ3v) is 11.9. The van der Waals surface area contributed by atoms with Gasteiger partial charge in [0.05, 0.1) is 22.1 Å². The van der Waals surface area contributed by atoms with Gasteiger partial charge in [0, 0.05) is 33.2 Å². The zero-order valence-corrected chi connectivity index (χ0v) is 30.7. The van der Waals surface area contributed by atoms with Crippen molar-refractivity contribution in [1.82, 2.24) is 4.57 Å². The van der Waals surface area contributed by atoms with Gasteiger partial charge in [0.15, 0.2) is 0 Å². The highest BCUT2D eigenvalue weighted by molar-refractivity contribution is 6.14. The van der Waals surface area contributed by atoms with E-state index < -0.39 is 0 Å². The normalized spacial score (nSPS) is 14.9. The summed E-state index contributed by atoms with van der Waals surface area (Å²) in [6, 6.07) is 57.4. The Hall–Kier alpha value is -6.06. The molecule has 0 amide bonds. The molecule has 0 N–H and O–H groups in total. The Labute approximate surface area is 310 Å². The van der Waals surface area contributed by atoms with Crippen LogP contribution in [0.25, 0.3) is 60.6 Å². The molecule has 53 heavy (non-hydrogen) atoms. The number of hydrogen-bond donors (Lipinski definition) is 0. The third kappa shape index (κ3) is 5.02. The summed E-state index contributed by atoms with van der Waals surface area (Å²) < 4.78 is 8.91. The molecule has 0 saturated carbocycles. The lowest BCUT2D eigenvalue weighted by Crippen LogP contribution is -2.33. The van der Waals surface area contributed by atoms with Crippen LogP contribution < -0.4 is 4.90 Å². The zero-order chi connectivity index (χ0) is 35.9. The van der Waals surface area contributed by atoms with Gasteiger partial charge in [-0.2, -0.15) is 0 Å². The molecular formula is C50H42N2O. The van der Waals surface area contributed by atoms with Gasteiger partial charge < -0.3 is 13.9 Å². The van der Waals surface area contributed by atoms with Crippen LogP contribution in [0, 0.1) is 0 Å². The van der Waals surface area contributed by atoms with Crippen LogP contribution in [0.15, 0.2) is 162 Å². The Balaban J connectivity index is 1.22. The quantitative estimate of drug-likeness (QED) is 0.180. The Morgan fingerprint density at radius 1 is 0.491 bits per heavy atom. The number of benzene rings is 7. The predicted molar refractivity (Wildman–Crippen MR) is 223 cm³/mol. The summed E-state index contributed by atoms with van der Waals surface area (Å²) in [5.41, 5.74) is 14.2. The van der Waals surface area contributed by atoms with Crippen molar-refractivity contribution >= 4 is 60.8 Å². The van der Waals surface area contributed by atoms with E-state index in [1.807, 2.05) is 6.07 Å². The van der Waals surface area contributed by atoms with Crippen molar-refractivity contribution in [3.63, 3.8) is 0 Å². The monoisotopic (exact) mass is 686 g/mol. The van der Waals surface area contributed by atoms with Gasteiger partial charge >= 0.3 is 0 Å². The molecule has 0 aliphatic heterocycles. The fourth-order valence-corrected chi connectivity index (χ4v) is 8.90. The van der Waals surface area contributed by atoms with Crippen molar-refractivity contribution in [1.29, 1.82) is 0 Å². The standard InChI is InChI=1S/C50H42N2O/c1-49(2)29-30-50(3,4)42-31-36(26-28-41(42)49)52-43-17-10-8-15-38(43)39-27-25-37(32-45(39)52)51(35-23-21-34(22-24-35)33-13-6-5-7-14-33)44-18-12-20-47-48(44)40-16-9-11-19-46(40)53-47/h5-28,31-32H,29-30H2,1-4H3. The molecule has 1 aliphatic carbocycles. The van der Waals surface area contributed by atoms with E-state index in [0.717, 1.165) is 39.0 Å². The molecule has 0 fully saturated rings. The second-order valence-electron chi connectivity index (χ2n) is 16.0. The smallest absolute Gasteiger partial charge is 0.137 e. The number of rotatable bonds is 5. The third-order valence-electron chi connectivity index (χ3n) is 11.9. The molecule has 0 atom stereocenters. The van der Waals surface area contributed by atoms with E-state index in [1.165, 1.54) is 62.6 Å². The average Bonchev–Trinajstić information content (AvgIpc) is 3.73. The van der Waals surface area contributed by atoms with Crippen molar-refractivity contribution in [2.45, 2.75) is 51.4 Å². The Kier molecular flexibility index (Phi) is 7.01. The fraction of sp³-hybridized carbons (Fsp3) is 0.160. The number of anilines is 3. The Morgan fingerprint density at radius 3 is 1.94 bits per heavy atom. The number of hydrogen-bond acceptors (Lipinski definition) is 2. The van der Waals surface area contributed by atoms with Gasteiger partial charge in [0.25, 0.3) is 0 Å². The van der Waals surface area contributed by atoms with Crippen LogP contribution in [0.2, 0.25) is 0 Å². The van der Waals surface area contributed by atoms with Gasteiger partial charge in [-0.3, -0.25) is 0 Å². The van der Waals surface area contributed by atoms with Crippen molar-refractivity contribution in [2.75, 3.05) is 4.90 Å². The summed E-state index contributed by atoms with van der Waals surface area (Å²) in [7, 11) is 0. The topological polar surface area (TPSA) is 21.3 Å². The van der Waals surface area contributed by atoms with Crippen LogP contribution in [-0.4, -0.2) is 4.57 Å². The van der Waals surface area contributed by atoms with Crippen LogP contribution in [0.1, 0.15) is 51.7 Å². The van der Waals surface area contributed by atoms with Gasteiger partial charge in [-0.15, -0.1) is 0 Å². The SMILES string of the molecule is CC1(C)CCC(C)(C)c2cc(-n3c4ccccc4c4ccc(N(c5ccc(-c6ccccc6)cc5)c5cccc6oc7ccccc7c56)cc43)ccc21. The minimum Gasteiger partial charge on any atom is -0.456 e. The molecule has 1 aliphatic rings. The van der Waals surface area contributed by atoms with Crippen molar-refractivity contribution in [2.24, 2.45) is 0 Å². The molecule has 0 spiro atoms. The van der Waals surface area contributed by atoms with E-state index >= 15 is 0 Å². The predicted octanol–water partition coefficient (Wildman–Crippen LogP) is 14.2. The first-order valence-corrected chi connectivity index (χ1v) is 18.8. The second-order valence-corrected chi connectivity index (χ2v) is 16.0. The molecule has 3 nitrogen and oxygen atoms in total. The molecule has 0 saturated heterocycles. The van der Waals surface area contributed by atoms with Gasteiger partial charge in [-0.1, -0.05) is 125 Å².